The van der Waals surface area contributed by atoms with Gasteiger partial charge < -0.3 is 10.8 Å². The van der Waals surface area contributed by atoms with Crippen LogP contribution in [0.15, 0.2) is 42.9 Å². The molecule has 9 heteroatoms. The number of anilines is 1. The topological polar surface area (TPSA) is 131 Å². The Hall–Kier alpha value is -3.77. The third kappa shape index (κ3) is 3.09. The minimum atomic E-state index is -0.179. The number of rotatable bonds is 4. The molecule has 1 fully saturated rings. The highest BCUT2D eigenvalue weighted by Gasteiger charge is 2.27. The molecule has 0 atom stereocenters. The van der Waals surface area contributed by atoms with E-state index in [1.807, 2.05) is 18.3 Å². The summed E-state index contributed by atoms with van der Waals surface area (Å²) in [6, 6.07) is 9.43. The van der Waals surface area contributed by atoms with Crippen LogP contribution >= 0.6 is 0 Å². The number of aliphatic hydroxyl groups excluding tert-OH is 1. The largest absolute Gasteiger partial charge is 0.398 e. The lowest BCUT2D eigenvalue weighted by Crippen LogP contribution is -2.31. The van der Waals surface area contributed by atoms with Crippen LogP contribution in [-0.4, -0.2) is 40.8 Å². The molecular weight excluding hydrogens is 368 g/mol. The second kappa shape index (κ2) is 6.68. The van der Waals surface area contributed by atoms with Crippen molar-refractivity contribution in [3.63, 3.8) is 0 Å². The lowest BCUT2D eigenvalue weighted by atomic mass is 9.82. The average molecular weight is 386 g/mol. The summed E-state index contributed by atoms with van der Waals surface area (Å²) < 4.78 is 3.52. The van der Waals surface area contributed by atoms with Crippen molar-refractivity contribution in [3.05, 3.63) is 48.4 Å². The number of nitrogens with two attached hydrogens (primary N) is 1. The SMILES string of the molecule is N#Cc1cnn2c(-c3cc(N)c(-c4cn(CC5CC(O)C5)nn4)cn3)ccc2c1. The second-order valence-electron chi connectivity index (χ2n) is 7.39. The van der Waals surface area contributed by atoms with Gasteiger partial charge in [0.2, 0.25) is 0 Å². The molecule has 0 saturated heterocycles. The molecule has 0 amide bonds. The fourth-order valence-electron chi connectivity index (χ4n) is 3.70. The van der Waals surface area contributed by atoms with Crippen LogP contribution in [-0.2, 0) is 6.54 Å². The first-order valence-electron chi connectivity index (χ1n) is 9.33. The molecule has 5 rings (SSSR count). The summed E-state index contributed by atoms with van der Waals surface area (Å²) in [6.07, 6.45) is 6.51. The highest BCUT2D eigenvalue weighted by atomic mass is 16.3. The number of aromatic nitrogens is 6. The number of aliphatic hydroxyl groups is 1. The standard InChI is InChI=1S/C20H18N8O/c21-7-13-3-14-1-2-20(28(14)24-8-13)18-6-17(22)16(9-23-18)19-11-27(26-25-19)10-12-4-15(29)5-12/h1-3,6,8-9,11-12,15,29H,4-5,10H2,(H2,22,23). The molecule has 4 heterocycles. The van der Waals surface area contributed by atoms with E-state index in [9.17, 15) is 5.11 Å². The lowest BCUT2D eigenvalue weighted by molar-refractivity contribution is 0.0334. The fourth-order valence-corrected chi connectivity index (χ4v) is 3.70. The van der Waals surface area contributed by atoms with Gasteiger partial charge in [-0.1, -0.05) is 5.21 Å². The maximum atomic E-state index is 9.42. The molecule has 0 bridgehead atoms. The Bertz CT molecular complexity index is 1250. The minimum absolute atomic E-state index is 0.179. The van der Waals surface area contributed by atoms with E-state index in [1.165, 1.54) is 6.20 Å². The number of hydrogen-bond acceptors (Lipinski definition) is 7. The molecule has 1 saturated carbocycles. The summed E-state index contributed by atoms with van der Waals surface area (Å²) in [5, 5.41) is 31.2. The number of nitrogen functional groups attached to an aromatic ring is 1. The summed E-state index contributed by atoms with van der Waals surface area (Å²) in [4.78, 5) is 4.54. The molecule has 4 aromatic heterocycles. The molecule has 29 heavy (non-hydrogen) atoms. The zero-order chi connectivity index (χ0) is 20.0. The summed E-state index contributed by atoms with van der Waals surface area (Å²) in [5.74, 6) is 0.439. The number of nitriles is 1. The van der Waals surface area contributed by atoms with Gasteiger partial charge in [-0.25, -0.2) is 4.52 Å². The lowest BCUT2D eigenvalue weighted by Gasteiger charge is -2.30. The highest BCUT2D eigenvalue weighted by molar-refractivity contribution is 5.77. The third-order valence-electron chi connectivity index (χ3n) is 5.30. The van der Waals surface area contributed by atoms with E-state index >= 15 is 0 Å². The molecule has 0 spiro atoms. The van der Waals surface area contributed by atoms with Crippen LogP contribution in [0.25, 0.3) is 28.2 Å². The molecule has 1 aliphatic carbocycles. The maximum Gasteiger partial charge on any atom is 0.116 e. The first-order valence-corrected chi connectivity index (χ1v) is 9.33. The molecule has 9 nitrogen and oxygen atoms in total. The predicted octanol–water partition coefficient (Wildman–Crippen LogP) is 1.88. The molecule has 144 valence electrons. The van der Waals surface area contributed by atoms with Crippen LogP contribution < -0.4 is 5.73 Å². The molecule has 0 unspecified atom stereocenters. The number of nitrogens with zero attached hydrogens (tertiary/aromatic N) is 7. The van der Waals surface area contributed by atoms with Crippen molar-refractivity contribution in [2.45, 2.75) is 25.5 Å². The van der Waals surface area contributed by atoms with Gasteiger partial charge >= 0.3 is 0 Å². The highest BCUT2D eigenvalue weighted by Crippen LogP contribution is 2.30. The molecule has 4 aromatic rings. The van der Waals surface area contributed by atoms with Gasteiger partial charge in [-0.3, -0.25) is 9.67 Å². The Morgan fingerprint density at radius 3 is 2.83 bits per heavy atom. The van der Waals surface area contributed by atoms with Crippen molar-refractivity contribution in [1.29, 1.82) is 5.26 Å². The molecule has 0 aliphatic heterocycles. The van der Waals surface area contributed by atoms with E-state index < -0.39 is 0 Å². The first kappa shape index (κ1) is 17.3. The van der Waals surface area contributed by atoms with Gasteiger partial charge in [-0.05, 0) is 43.0 Å². The van der Waals surface area contributed by atoms with Crippen LogP contribution in [0.5, 0.6) is 0 Å². The number of pyridine rings is 1. The smallest absolute Gasteiger partial charge is 0.116 e. The molecule has 0 radical (unpaired) electrons. The van der Waals surface area contributed by atoms with Crippen molar-refractivity contribution >= 4 is 11.2 Å². The van der Waals surface area contributed by atoms with Gasteiger partial charge in [-0.15, -0.1) is 5.10 Å². The van der Waals surface area contributed by atoms with Gasteiger partial charge in [0.05, 0.1) is 41.0 Å². The van der Waals surface area contributed by atoms with Crippen molar-refractivity contribution in [1.82, 2.24) is 29.6 Å². The third-order valence-corrected chi connectivity index (χ3v) is 5.30. The van der Waals surface area contributed by atoms with E-state index in [-0.39, 0.29) is 6.10 Å². The van der Waals surface area contributed by atoms with Crippen molar-refractivity contribution in [2.24, 2.45) is 5.92 Å². The van der Waals surface area contributed by atoms with E-state index in [0.717, 1.165) is 30.6 Å². The van der Waals surface area contributed by atoms with Crippen LogP contribution in [0.4, 0.5) is 5.69 Å². The molecule has 0 aromatic carbocycles. The average Bonchev–Trinajstić information content (AvgIpc) is 3.33. The van der Waals surface area contributed by atoms with E-state index in [1.54, 1.807) is 27.5 Å². The van der Waals surface area contributed by atoms with E-state index in [0.29, 0.717) is 34.1 Å². The zero-order valence-corrected chi connectivity index (χ0v) is 15.5. The molecule has 1 aliphatic rings. The Kier molecular flexibility index (Phi) is 4.00. The van der Waals surface area contributed by atoms with Crippen molar-refractivity contribution in [2.75, 3.05) is 5.73 Å². The van der Waals surface area contributed by atoms with Gasteiger partial charge in [-0.2, -0.15) is 10.4 Å². The summed E-state index contributed by atoms with van der Waals surface area (Å²) in [5.41, 5.74) is 11.0. The molecular formula is C20H18N8O. The van der Waals surface area contributed by atoms with Gasteiger partial charge in [0, 0.05) is 24.0 Å². The van der Waals surface area contributed by atoms with Gasteiger partial charge in [0.15, 0.2) is 0 Å². The quantitative estimate of drug-likeness (QED) is 0.547. The van der Waals surface area contributed by atoms with Gasteiger partial charge in [0.1, 0.15) is 11.8 Å². The number of fused-ring (bicyclic) bond motifs is 1. The van der Waals surface area contributed by atoms with Crippen LogP contribution in [0.3, 0.4) is 0 Å². The Balaban J connectivity index is 1.42. The zero-order valence-electron chi connectivity index (χ0n) is 15.5. The predicted molar refractivity (Wildman–Crippen MR) is 105 cm³/mol. The summed E-state index contributed by atoms with van der Waals surface area (Å²) in [7, 11) is 0. The fraction of sp³-hybridized carbons (Fsp3) is 0.250. The minimum Gasteiger partial charge on any atom is -0.398 e. The van der Waals surface area contributed by atoms with Crippen LogP contribution in [0.2, 0.25) is 0 Å². The summed E-state index contributed by atoms with van der Waals surface area (Å²) in [6.45, 7) is 0.738. The van der Waals surface area contributed by atoms with Crippen LogP contribution in [0, 0.1) is 17.2 Å². The van der Waals surface area contributed by atoms with E-state index in [4.69, 9.17) is 11.0 Å². The Morgan fingerprint density at radius 2 is 2.07 bits per heavy atom. The summed E-state index contributed by atoms with van der Waals surface area (Å²) >= 11 is 0. The van der Waals surface area contributed by atoms with Gasteiger partial charge in [0.25, 0.3) is 0 Å². The Labute approximate surface area is 166 Å². The van der Waals surface area contributed by atoms with Crippen molar-refractivity contribution in [3.8, 4) is 28.7 Å². The van der Waals surface area contributed by atoms with Crippen molar-refractivity contribution < 1.29 is 5.11 Å². The van der Waals surface area contributed by atoms with E-state index in [2.05, 4.69) is 26.5 Å². The number of hydrogen-bond donors (Lipinski definition) is 2. The maximum absolute atomic E-state index is 9.42. The first-order chi connectivity index (χ1) is 14.1. The molecule has 3 N–H and O–H groups in total. The monoisotopic (exact) mass is 386 g/mol. The normalized spacial score (nSPS) is 18.5. The second-order valence-corrected chi connectivity index (χ2v) is 7.39. The van der Waals surface area contributed by atoms with Crippen LogP contribution in [0.1, 0.15) is 18.4 Å². The Morgan fingerprint density at radius 1 is 1.21 bits per heavy atom.